The molecule has 4 heteroatoms. The number of rotatable bonds is 6. The van der Waals surface area contributed by atoms with Crippen molar-refractivity contribution in [3.05, 3.63) is 65.7 Å². The van der Waals surface area contributed by atoms with Crippen LogP contribution in [0, 0.1) is 0 Å². The first-order valence-electron chi connectivity index (χ1n) is 8.11. The van der Waals surface area contributed by atoms with Gasteiger partial charge >= 0.3 is 5.97 Å². The van der Waals surface area contributed by atoms with E-state index >= 15 is 0 Å². The minimum absolute atomic E-state index is 0.214. The Morgan fingerprint density at radius 3 is 2.38 bits per heavy atom. The van der Waals surface area contributed by atoms with Gasteiger partial charge in [0.15, 0.2) is 0 Å². The average molecular weight is 327 g/mol. The van der Waals surface area contributed by atoms with E-state index < -0.39 is 11.6 Å². The molecule has 0 aliphatic rings. The molecule has 128 valence electrons. The SMILES string of the molecule is CC(C)(C)OC(=O)[C@H](Cc1ccccc1)NCc1cccc(O)c1. The lowest BCUT2D eigenvalue weighted by Gasteiger charge is -2.25. The van der Waals surface area contributed by atoms with Gasteiger partial charge in [-0.2, -0.15) is 0 Å². The number of phenols is 1. The molecule has 0 amide bonds. The van der Waals surface area contributed by atoms with Gasteiger partial charge in [0, 0.05) is 6.54 Å². The molecule has 0 bridgehead atoms. The summed E-state index contributed by atoms with van der Waals surface area (Å²) in [4.78, 5) is 12.5. The quantitative estimate of drug-likeness (QED) is 0.798. The number of hydrogen-bond donors (Lipinski definition) is 2. The van der Waals surface area contributed by atoms with Crippen molar-refractivity contribution in [2.24, 2.45) is 0 Å². The summed E-state index contributed by atoms with van der Waals surface area (Å²) in [5.41, 5.74) is 1.45. The Hall–Kier alpha value is -2.33. The third-order valence-corrected chi connectivity index (χ3v) is 3.44. The Labute approximate surface area is 143 Å². The second-order valence-electron chi connectivity index (χ2n) is 6.83. The molecule has 0 aromatic heterocycles. The van der Waals surface area contributed by atoms with Gasteiger partial charge in [-0.1, -0.05) is 42.5 Å². The number of carbonyl (C=O) groups is 1. The minimum Gasteiger partial charge on any atom is -0.508 e. The first-order valence-corrected chi connectivity index (χ1v) is 8.11. The fourth-order valence-electron chi connectivity index (χ4n) is 2.37. The standard InChI is InChI=1S/C20H25NO3/c1-20(2,3)24-19(23)18(13-15-8-5-4-6-9-15)21-14-16-10-7-11-17(22)12-16/h4-12,18,21-22H,13-14H2,1-3H3/t18-/m0/s1. The molecular formula is C20H25NO3. The summed E-state index contributed by atoms with van der Waals surface area (Å²) < 4.78 is 5.53. The van der Waals surface area contributed by atoms with E-state index in [1.807, 2.05) is 57.2 Å². The highest BCUT2D eigenvalue weighted by Crippen LogP contribution is 2.14. The highest BCUT2D eigenvalue weighted by Gasteiger charge is 2.25. The summed E-state index contributed by atoms with van der Waals surface area (Å²) in [6.45, 7) is 6.06. The molecule has 2 aromatic carbocycles. The van der Waals surface area contributed by atoms with Crippen LogP contribution < -0.4 is 5.32 Å². The fraction of sp³-hybridized carbons (Fsp3) is 0.350. The Kier molecular flexibility index (Phi) is 5.99. The van der Waals surface area contributed by atoms with Crippen molar-refractivity contribution in [2.75, 3.05) is 0 Å². The molecule has 0 spiro atoms. The zero-order valence-electron chi connectivity index (χ0n) is 14.5. The summed E-state index contributed by atoms with van der Waals surface area (Å²) in [6.07, 6.45) is 0.550. The van der Waals surface area contributed by atoms with E-state index in [1.54, 1.807) is 18.2 Å². The van der Waals surface area contributed by atoms with Crippen molar-refractivity contribution >= 4 is 5.97 Å². The molecule has 2 rings (SSSR count). The zero-order chi connectivity index (χ0) is 17.6. The van der Waals surface area contributed by atoms with Crippen molar-refractivity contribution in [1.29, 1.82) is 0 Å². The molecule has 0 saturated heterocycles. The lowest BCUT2D eigenvalue weighted by Crippen LogP contribution is -2.42. The van der Waals surface area contributed by atoms with Gasteiger partial charge in [-0.15, -0.1) is 0 Å². The van der Waals surface area contributed by atoms with Crippen molar-refractivity contribution < 1.29 is 14.6 Å². The van der Waals surface area contributed by atoms with Gasteiger partial charge in [-0.3, -0.25) is 4.79 Å². The third kappa shape index (κ3) is 6.05. The van der Waals surface area contributed by atoms with Crippen LogP contribution in [0.3, 0.4) is 0 Å². The predicted octanol–water partition coefficient (Wildman–Crippen LogP) is 3.43. The van der Waals surface area contributed by atoms with Crippen LogP contribution in [-0.2, 0) is 22.5 Å². The van der Waals surface area contributed by atoms with Gasteiger partial charge in [-0.25, -0.2) is 0 Å². The second kappa shape index (κ2) is 7.97. The molecule has 0 fully saturated rings. The van der Waals surface area contributed by atoms with Gasteiger partial charge in [0.1, 0.15) is 17.4 Å². The molecule has 1 atom stereocenters. The van der Waals surface area contributed by atoms with Crippen LogP contribution in [0.4, 0.5) is 0 Å². The lowest BCUT2D eigenvalue weighted by atomic mass is 10.0. The smallest absolute Gasteiger partial charge is 0.324 e. The molecule has 2 N–H and O–H groups in total. The molecule has 24 heavy (non-hydrogen) atoms. The maximum absolute atomic E-state index is 12.5. The Morgan fingerprint density at radius 1 is 1.08 bits per heavy atom. The Balaban J connectivity index is 2.08. The molecule has 0 saturated carbocycles. The molecule has 0 aliphatic carbocycles. The summed E-state index contributed by atoms with van der Waals surface area (Å²) in [7, 11) is 0. The molecule has 0 heterocycles. The highest BCUT2D eigenvalue weighted by atomic mass is 16.6. The first kappa shape index (κ1) is 18.0. The van der Waals surface area contributed by atoms with E-state index in [0.717, 1.165) is 11.1 Å². The lowest BCUT2D eigenvalue weighted by molar-refractivity contribution is -0.157. The maximum atomic E-state index is 12.5. The van der Waals surface area contributed by atoms with Gasteiger partial charge in [-0.05, 0) is 50.5 Å². The van der Waals surface area contributed by atoms with Crippen LogP contribution in [0.15, 0.2) is 54.6 Å². The summed E-state index contributed by atoms with van der Waals surface area (Å²) in [5, 5.41) is 12.8. The molecule has 2 aromatic rings. The van der Waals surface area contributed by atoms with E-state index in [-0.39, 0.29) is 11.7 Å². The number of phenolic OH excluding ortho intramolecular Hbond substituents is 1. The molecule has 0 unspecified atom stereocenters. The van der Waals surface area contributed by atoms with Crippen LogP contribution in [-0.4, -0.2) is 22.7 Å². The number of carbonyl (C=O) groups excluding carboxylic acids is 1. The number of esters is 1. The monoisotopic (exact) mass is 327 g/mol. The predicted molar refractivity (Wildman–Crippen MR) is 94.7 cm³/mol. The Bertz CT molecular complexity index is 662. The van der Waals surface area contributed by atoms with Gasteiger partial charge in [0.05, 0.1) is 0 Å². The first-order chi connectivity index (χ1) is 11.3. The number of benzene rings is 2. The second-order valence-corrected chi connectivity index (χ2v) is 6.83. The van der Waals surface area contributed by atoms with Gasteiger partial charge in [0.2, 0.25) is 0 Å². The van der Waals surface area contributed by atoms with Crippen LogP contribution in [0.5, 0.6) is 5.75 Å². The van der Waals surface area contributed by atoms with Crippen LogP contribution in [0.1, 0.15) is 31.9 Å². The molecule has 0 radical (unpaired) electrons. The van der Waals surface area contributed by atoms with E-state index in [2.05, 4.69) is 5.32 Å². The molecule has 0 aliphatic heterocycles. The van der Waals surface area contributed by atoms with Gasteiger partial charge < -0.3 is 15.2 Å². The number of aromatic hydroxyl groups is 1. The number of hydrogen-bond acceptors (Lipinski definition) is 4. The van der Waals surface area contributed by atoms with Gasteiger partial charge in [0.25, 0.3) is 0 Å². The van der Waals surface area contributed by atoms with E-state index in [1.165, 1.54) is 0 Å². The zero-order valence-corrected chi connectivity index (χ0v) is 14.5. The largest absolute Gasteiger partial charge is 0.508 e. The summed E-state index contributed by atoms with van der Waals surface area (Å²) >= 11 is 0. The maximum Gasteiger partial charge on any atom is 0.324 e. The fourth-order valence-corrected chi connectivity index (χ4v) is 2.37. The topological polar surface area (TPSA) is 58.6 Å². The average Bonchev–Trinajstić information content (AvgIpc) is 2.50. The molecule has 4 nitrogen and oxygen atoms in total. The number of ether oxygens (including phenoxy) is 1. The molecular weight excluding hydrogens is 302 g/mol. The van der Waals surface area contributed by atoms with Crippen molar-refractivity contribution in [2.45, 2.75) is 45.4 Å². The van der Waals surface area contributed by atoms with Crippen LogP contribution in [0.2, 0.25) is 0 Å². The van der Waals surface area contributed by atoms with Crippen LogP contribution in [0.25, 0.3) is 0 Å². The van der Waals surface area contributed by atoms with E-state index in [0.29, 0.717) is 13.0 Å². The van der Waals surface area contributed by atoms with E-state index in [9.17, 15) is 9.90 Å². The Morgan fingerprint density at radius 2 is 1.75 bits per heavy atom. The van der Waals surface area contributed by atoms with E-state index in [4.69, 9.17) is 4.74 Å². The van der Waals surface area contributed by atoms with Crippen LogP contribution >= 0.6 is 0 Å². The minimum atomic E-state index is -0.529. The highest BCUT2D eigenvalue weighted by molar-refractivity contribution is 5.76. The normalized spacial score (nSPS) is 12.6. The number of nitrogens with one attached hydrogen (secondary N) is 1. The summed E-state index contributed by atoms with van der Waals surface area (Å²) in [6, 6.07) is 16.4. The van der Waals surface area contributed by atoms with Crippen molar-refractivity contribution in [3.63, 3.8) is 0 Å². The summed E-state index contributed by atoms with van der Waals surface area (Å²) in [5.74, 6) is -0.0577. The van der Waals surface area contributed by atoms with Crippen molar-refractivity contribution in [1.82, 2.24) is 5.32 Å². The third-order valence-electron chi connectivity index (χ3n) is 3.44. The van der Waals surface area contributed by atoms with Crippen molar-refractivity contribution in [3.8, 4) is 5.75 Å².